The number of aliphatic imine (C=N–C) groups is 1. The summed E-state index contributed by atoms with van der Waals surface area (Å²) < 4.78 is 44.9. The minimum atomic E-state index is -3.86. The van der Waals surface area contributed by atoms with E-state index in [0.29, 0.717) is 0 Å². The molecule has 0 saturated carbocycles. The second-order valence-corrected chi connectivity index (χ2v) is 9.34. The third-order valence-electron chi connectivity index (χ3n) is 2.41. The normalized spacial score (nSPS) is 13.2. The van der Waals surface area contributed by atoms with Crippen molar-refractivity contribution in [2.45, 2.75) is 24.9 Å². The summed E-state index contributed by atoms with van der Waals surface area (Å²) in [7, 11) is -7.58. The van der Waals surface area contributed by atoms with Gasteiger partial charge in [0, 0.05) is 5.75 Å². The van der Waals surface area contributed by atoms with E-state index in [2.05, 4.69) is 4.99 Å². The second kappa shape index (κ2) is 5.07. The largest absolute Gasteiger partial charge is 0.234 e. The molecule has 0 aromatic heterocycles. The van der Waals surface area contributed by atoms with Gasteiger partial charge in [-0.2, -0.15) is 0 Å². The zero-order valence-corrected chi connectivity index (χ0v) is 11.1. The number of rotatable bonds is 6. The lowest BCUT2D eigenvalue weighted by Gasteiger charge is -2.23. The summed E-state index contributed by atoms with van der Waals surface area (Å²) in [5.74, 6) is -0.731. The van der Waals surface area contributed by atoms with Crippen molar-refractivity contribution in [3.8, 4) is 0 Å². The van der Waals surface area contributed by atoms with E-state index >= 15 is 0 Å². The first-order valence-corrected chi connectivity index (χ1v) is 7.91. The number of carbonyl (C=O) groups excluding carboxylic acids is 1. The maximum absolute atomic E-state index is 11.8. The Morgan fingerprint density at radius 2 is 1.62 bits per heavy atom. The molecule has 0 aliphatic rings. The van der Waals surface area contributed by atoms with E-state index in [4.69, 9.17) is 0 Å². The highest BCUT2D eigenvalue weighted by atomic mass is 32.3. The van der Waals surface area contributed by atoms with Crippen molar-refractivity contribution in [3.63, 3.8) is 0 Å². The lowest BCUT2D eigenvalue weighted by atomic mass is 10.5. The van der Waals surface area contributed by atoms with Gasteiger partial charge in [0.05, 0.1) is 12.3 Å². The summed E-state index contributed by atoms with van der Waals surface area (Å²) in [5.41, 5.74) is 0. The molecule has 0 atom stereocenters. The van der Waals surface area contributed by atoms with E-state index in [-0.39, 0.29) is 12.3 Å². The van der Waals surface area contributed by atoms with E-state index in [1.54, 1.807) is 0 Å². The topological polar surface area (TPSA) is 97.7 Å². The number of isocyanates is 1. The number of hydrogen-bond acceptors (Lipinski definition) is 6. The van der Waals surface area contributed by atoms with Crippen LogP contribution in [0, 0.1) is 0 Å². The van der Waals surface area contributed by atoms with Crippen LogP contribution < -0.4 is 0 Å². The average molecular weight is 269 g/mol. The maximum Gasteiger partial charge on any atom is 0.234 e. The van der Waals surface area contributed by atoms with Crippen molar-refractivity contribution in [1.29, 1.82) is 0 Å². The van der Waals surface area contributed by atoms with Crippen LogP contribution >= 0.6 is 0 Å². The SMILES string of the molecule is CCS(=O)(=O)C(C)(C)S(=O)(=O)CCN=C=O. The van der Waals surface area contributed by atoms with Gasteiger partial charge >= 0.3 is 0 Å². The first-order valence-electron chi connectivity index (χ1n) is 4.60. The summed E-state index contributed by atoms with van der Waals surface area (Å²) in [6, 6.07) is 0. The first-order chi connectivity index (χ1) is 7.12. The molecule has 0 bridgehead atoms. The van der Waals surface area contributed by atoms with Crippen molar-refractivity contribution in [1.82, 2.24) is 0 Å². The molecule has 0 aromatic carbocycles. The number of nitrogens with zero attached hydrogens (tertiary/aromatic N) is 1. The third-order valence-corrected chi connectivity index (χ3v) is 8.41. The van der Waals surface area contributed by atoms with E-state index in [9.17, 15) is 21.6 Å². The molecule has 0 spiro atoms. The lowest BCUT2D eigenvalue weighted by molar-refractivity contribution is 0.555. The van der Waals surface area contributed by atoms with Crippen LogP contribution in [0.15, 0.2) is 4.99 Å². The van der Waals surface area contributed by atoms with Crippen LogP contribution in [0.25, 0.3) is 0 Å². The Morgan fingerprint density at radius 3 is 2.00 bits per heavy atom. The highest BCUT2D eigenvalue weighted by molar-refractivity contribution is 8.10. The van der Waals surface area contributed by atoms with Crippen LogP contribution in [0.5, 0.6) is 0 Å². The quantitative estimate of drug-likeness (QED) is 0.495. The molecule has 0 unspecified atom stereocenters. The fraction of sp³-hybridized carbons (Fsp3) is 0.875. The van der Waals surface area contributed by atoms with Gasteiger partial charge in [-0.1, -0.05) is 6.92 Å². The van der Waals surface area contributed by atoms with Gasteiger partial charge in [0.15, 0.2) is 23.8 Å². The highest BCUT2D eigenvalue weighted by Crippen LogP contribution is 2.25. The molecule has 0 amide bonds. The predicted octanol–water partition coefficient (Wildman–Crippen LogP) is -0.0922. The van der Waals surface area contributed by atoms with Crippen molar-refractivity contribution in [2.24, 2.45) is 4.99 Å². The van der Waals surface area contributed by atoms with Gasteiger partial charge in [-0.3, -0.25) is 0 Å². The summed E-state index contributed by atoms with van der Waals surface area (Å²) >= 11 is 0. The molecule has 0 rings (SSSR count). The first kappa shape index (κ1) is 15.3. The van der Waals surface area contributed by atoms with Crippen LogP contribution in [0.3, 0.4) is 0 Å². The number of hydrogen-bond donors (Lipinski definition) is 0. The van der Waals surface area contributed by atoms with Crippen LogP contribution in [-0.2, 0) is 24.5 Å². The van der Waals surface area contributed by atoms with E-state index in [1.807, 2.05) is 0 Å². The number of sulfone groups is 2. The molecule has 8 heteroatoms. The zero-order valence-electron chi connectivity index (χ0n) is 9.43. The van der Waals surface area contributed by atoms with Crippen molar-refractivity contribution >= 4 is 25.8 Å². The molecule has 0 aliphatic carbocycles. The van der Waals surface area contributed by atoms with Crippen molar-refractivity contribution < 1.29 is 21.6 Å². The molecule has 0 saturated heterocycles. The molecule has 0 N–H and O–H groups in total. The Bertz CT molecular complexity index is 483. The molecular weight excluding hydrogens is 254 g/mol. The van der Waals surface area contributed by atoms with E-state index < -0.39 is 29.5 Å². The van der Waals surface area contributed by atoms with Gasteiger partial charge in [-0.05, 0) is 13.8 Å². The minimum absolute atomic E-state index is 0.254. The van der Waals surface area contributed by atoms with E-state index in [1.165, 1.54) is 13.0 Å². The molecule has 0 fully saturated rings. The molecule has 94 valence electrons. The Balaban J connectivity index is 5.24. The smallest absolute Gasteiger partial charge is 0.227 e. The summed E-state index contributed by atoms with van der Waals surface area (Å²) in [6.07, 6.45) is 1.21. The van der Waals surface area contributed by atoms with Crippen molar-refractivity contribution in [2.75, 3.05) is 18.1 Å². The van der Waals surface area contributed by atoms with Crippen molar-refractivity contribution in [3.05, 3.63) is 0 Å². The molecule has 0 heterocycles. The monoisotopic (exact) mass is 269 g/mol. The van der Waals surface area contributed by atoms with Gasteiger partial charge in [-0.15, -0.1) is 0 Å². The van der Waals surface area contributed by atoms with Gasteiger partial charge in [0.1, 0.15) is 0 Å². The average Bonchev–Trinajstić information content (AvgIpc) is 2.17. The van der Waals surface area contributed by atoms with Crippen LogP contribution in [0.4, 0.5) is 0 Å². The Kier molecular flexibility index (Phi) is 4.85. The minimum Gasteiger partial charge on any atom is -0.227 e. The fourth-order valence-corrected chi connectivity index (χ4v) is 4.67. The van der Waals surface area contributed by atoms with Gasteiger partial charge in [0.2, 0.25) is 6.08 Å². The van der Waals surface area contributed by atoms with Gasteiger partial charge in [-0.25, -0.2) is 26.6 Å². The molecule has 6 nitrogen and oxygen atoms in total. The van der Waals surface area contributed by atoms with Crippen LogP contribution in [0.1, 0.15) is 20.8 Å². The molecule has 0 aliphatic heterocycles. The summed E-state index contributed by atoms with van der Waals surface area (Å²) in [5, 5.41) is 0. The maximum atomic E-state index is 11.8. The third kappa shape index (κ3) is 2.90. The second-order valence-electron chi connectivity index (χ2n) is 3.60. The lowest BCUT2D eigenvalue weighted by Crippen LogP contribution is -2.43. The fourth-order valence-electron chi connectivity index (χ4n) is 0.998. The predicted molar refractivity (Wildman–Crippen MR) is 60.3 cm³/mol. The highest BCUT2D eigenvalue weighted by Gasteiger charge is 2.44. The van der Waals surface area contributed by atoms with Crippen LogP contribution in [0.2, 0.25) is 0 Å². The molecular formula is C8H15NO5S2. The Morgan fingerprint density at radius 1 is 1.12 bits per heavy atom. The van der Waals surface area contributed by atoms with E-state index in [0.717, 1.165) is 13.8 Å². The molecule has 0 radical (unpaired) electrons. The summed E-state index contributed by atoms with van der Waals surface area (Å²) in [6.45, 7) is 3.41. The molecule has 16 heavy (non-hydrogen) atoms. The Labute approximate surface area is 95.6 Å². The Hall–Kier alpha value is -0.720. The zero-order chi connectivity index (χ0) is 13.0. The standard InChI is InChI=1S/C8H15NO5S2/c1-4-15(11,12)8(2,3)16(13,14)6-5-9-7-10/h4-6H2,1-3H3. The van der Waals surface area contributed by atoms with Gasteiger partial charge in [0.25, 0.3) is 0 Å². The summed E-state index contributed by atoms with van der Waals surface area (Å²) in [4.78, 5) is 12.9. The van der Waals surface area contributed by atoms with Crippen LogP contribution in [-0.4, -0.2) is 45.0 Å². The molecule has 0 aromatic rings. The van der Waals surface area contributed by atoms with Gasteiger partial charge < -0.3 is 0 Å².